The topological polar surface area (TPSA) is 29.3 Å². The van der Waals surface area contributed by atoms with Gasteiger partial charge in [0, 0.05) is 28.8 Å². The molecule has 2 N–H and O–H groups in total. The molecular formula is C15H15BrClFN2. The Bertz CT molecular complexity index is 606. The van der Waals surface area contributed by atoms with Crippen molar-refractivity contribution in [2.75, 3.05) is 18.5 Å². The summed E-state index contributed by atoms with van der Waals surface area (Å²) >= 11 is 9.69. The first-order valence-electron chi connectivity index (χ1n) is 6.16. The number of likely N-dealkylation sites (N-methyl/N-ethyl adjacent to an activating group) is 1. The van der Waals surface area contributed by atoms with Gasteiger partial charge in [-0.1, -0.05) is 33.6 Å². The molecule has 2 rings (SSSR count). The lowest BCUT2D eigenvalue weighted by molar-refractivity contribution is 0.623. The zero-order chi connectivity index (χ0) is 14.7. The zero-order valence-electron chi connectivity index (χ0n) is 11.0. The molecule has 0 radical (unpaired) electrons. The molecule has 0 saturated carbocycles. The maximum absolute atomic E-state index is 13.3. The van der Waals surface area contributed by atoms with Crippen molar-refractivity contribution in [1.82, 2.24) is 0 Å². The van der Waals surface area contributed by atoms with Crippen molar-refractivity contribution in [2.45, 2.75) is 6.04 Å². The third kappa shape index (κ3) is 3.32. The van der Waals surface area contributed by atoms with E-state index < -0.39 is 0 Å². The zero-order valence-corrected chi connectivity index (χ0v) is 13.3. The molecule has 0 amide bonds. The lowest BCUT2D eigenvalue weighted by Gasteiger charge is -2.30. The molecule has 0 aromatic heterocycles. The van der Waals surface area contributed by atoms with Crippen molar-refractivity contribution in [3.63, 3.8) is 0 Å². The number of anilines is 1. The first-order chi connectivity index (χ1) is 9.52. The van der Waals surface area contributed by atoms with Crippen LogP contribution in [0.2, 0.25) is 5.02 Å². The minimum absolute atomic E-state index is 0.123. The predicted molar refractivity (Wildman–Crippen MR) is 85.8 cm³/mol. The Hall–Kier alpha value is -1.10. The maximum Gasteiger partial charge on any atom is 0.125 e. The highest BCUT2D eigenvalue weighted by molar-refractivity contribution is 9.10. The second-order valence-electron chi connectivity index (χ2n) is 4.51. The predicted octanol–water partition coefficient (Wildman–Crippen LogP) is 4.38. The van der Waals surface area contributed by atoms with Gasteiger partial charge in [-0.2, -0.15) is 0 Å². The second kappa shape index (κ2) is 6.57. The third-order valence-corrected chi connectivity index (χ3v) is 4.06. The van der Waals surface area contributed by atoms with Gasteiger partial charge in [0.05, 0.1) is 6.04 Å². The Morgan fingerprint density at radius 3 is 2.70 bits per heavy atom. The molecule has 106 valence electrons. The molecule has 2 aromatic carbocycles. The number of hydrogen-bond acceptors (Lipinski definition) is 2. The molecule has 1 unspecified atom stereocenters. The van der Waals surface area contributed by atoms with Gasteiger partial charge in [0.25, 0.3) is 0 Å². The fourth-order valence-electron chi connectivity index (χ4n) is 2.14. The van der Waals surface area contributed by atoms with Gasteiger partial charge >= 0.3 is 0 Å². The summed E-state index contributed by atoms with van der Waals surface area (Å²) in [7, 11) is 1.88. The van der Waals surface area contributed by atoms with Gasteiger partial charge in [0.15, 0.2) is 0 Å². The average Bonchev–Trinajstić information content (AvgIpc) is 2.43. The summed E-state index contributed by atoms with van der Waals surface area (Å²) in [5.74, 6) is -0.273. The maximum atomic E-state index is 13.3. The van der Waals surface area contributed by atoms with Crippen molar-refractivity contribution in [1.29, 1.82) is 0 Å². The number of rotatable bonds is 4. The van der Waals surface area contributed by atoms with Crippen molar-refractivity contribution in [2.24, 2.45) is 5.73 Å². The Morgan fingerprint density at radius 2 is 2.05 bits per heavy atom. The van der Waals surface area contributed by atoms with Gasteiger partial charge in [0.1, 0.15) is 5.82 Å². The van der Waals surface area contributed by atoms with Crippen molar-refractivity contribution < 1.29 is 4.39 Å². The van der Waals surface area contributed by atoms with Crippen molar-refractivity contribution in [3.8, 4) is 0 Å². The molecule has 0 bridgehead atoms. The summed E-state index contributed by atoms with van der Waals surface area (Å²) in [5.41, 5.74) is 7.56. The summed E-state index contributed by atoms with van der Waals surface area (Å²) in [4.78, 5) is 1.93. The van der Waals surface area contributed by atoms with E-state index in [9.17, 15) is 4.39 Å². The van der Waals surface area contributed by atoms with Crippen molar-refractivity contribution in [3.05, 3.63) is 63.3 Å². The summed E-state index contributed by atoms with van der Waals surface area (Å²) in [5, 5.41) is 0.645. The number of nitrogens with zero attached hydrogens (tertiary/aromatic N) is 1. The van der Waals surface area contributed by atoms with Gasteiger partial charge in [-0.25, -0.2) is 4.39 Å². The van der Waals surface area contributed by atoms with Crippen LogP contribution < -0.4 is 10.6 Å². The van der Waals surface area contributed by atoms with E-state index in [-0.39, 0.29) is 11.9 Å². The van der Waals surface area contributed by atoms with Crippen LogP contribution in [0, 0.1) is 5.82 Å². The van der Waals surface area contributed by atoms with E-state index in [1.54, 1.807) is 6.07 Å². The second-order valence-corrected chi connectivity index (χ2v) is 5.83. The summed E-state index contributed by atoms with van der Waals surface area (Å²) in [6.07, 6.45) is 0. The van der Waals surface area contributed by atoms with Crippen LogP contribution in [0.1, 0.15) is 11.6 Å². The van der Waals surface area contributed by atoms with Crippen LogP contribution in [0.15, 0.2) is 46.9 Å². The lowest BCUT2D eigenvalue weighted by Crippen LogP contribution is -2.30. The molecular weight excluding hydrogens is 343 g/mol. The normalized spacial score (nSPS) is 12.2. The number of nitrogens with two attached hydrogens (primary N) is 1. The Morgan fingerprint density at radius 1 is 1.30 bits per heavy atom. The van der Waals surface area contributed by atoms with Crippen LogP contribution in [-0.2, 0) is 0 Å². The Labute approximate surface area is 131 Å². The van der Waals surface area contributed by atoms with E-state index in [0.717, 1.165) is 15.7 Å². The highest BCUT2D eigenvalue weighted by atomic mass is 79.9. The molecule has 0 spiro atoms. The highest BCUT2D eigenvalue weighted by Gasteiger charge is 2.19. The molecule has 0 aliphatic carbocycles. The lowest BCUT2D eigenvalue weighted by atomic mass is 10.0. The molecule has 20 heavy (non-hydrogen) atoms. The number of benzene rings is 2. The molecule has 1 atom stereocenters. The largest absolute Gasteiger partial charge is 0.366 e. The van der Waals surface area contributed by atoms with Gasteiger partial charge in [0.2, 0.25) is 0 Å². The highest BCUT2D eigenvalue weighted by Crippen LogP contribution is 2.31. The molecule has 5 heteroatoms. The third-order valence-electron chi connectivity index (χ3n) is 3.22. The van der Waals surface area contributed by atoms with E-state index in [1.807, 2.05) is 36.2 Å². The Kier molecular flexibility index (Phi) is 5.02. The summed E-state index contributed by atoms with van der Waals surface area (Å²) < 4.78 is 14.3. The molecule has 0 aliphatic heterocycles. The summed E-state index contributed by atoms with van der Waals surface area (Å²) in [6, 6.07) is 11.9. The van der Waals surface area contributed by atoms with Gasteiger partial charge < -0.3 is 10.6 Å². The van der Waals surface area contributed by atoms with Gasteiger partial charge in [-0.3, -0.25) is 0 Å². The molecule has 2 nitrogen and oxygen atoms in total. The minimum atomic E-state index is -0.273. The van der Waals surface area contributed by atoms with E-state index in [2.05, 4.69) is 15.9 Å². The van der Waals surface area contributed by atoms with Crippen LogP contribution in [-0.4, -0.2) is 13.6 Å². The molecule has 2 aromatic rings. The minimum Gasteiger partial charge on any atom is -0.366 e. The first kappa shape index (κ1) is 15.3. The number of hydrogen-bond donors (Lipinski definition) is 1. The fraction of sp³-hybridized carbons (Fsp3) is 0.200. The molecule has 0 heterocycles. The van der Waals surface area contributed by atoms with Crippen LogP contribution >= 0.6 is 27.5 Å². The monoisotopic (exact) mass is 356 g/mol. The van der Waals surface area contributed by atoms with Gasteiger partial charge in [-0.15, -0.1) is 0 Å². The van der Waals surface area contributed by atoms with E-state index in [1.165, 1.54) is 12.1 Å². The molecule has 0 saturated heterocycles. The van der Waals surface area contributed by atoms with E-state index >= 15 is 0 Å². The fourth-order valence-corrected chi connectivity index (χ4v) is 2.76. The smallest absolute Gasteiger partial charge is 0.125 e. The van der Waals surface area contributed by atoms with E-state index in [0.29, 0.717) is 11.6 Å². The molecule has 0 fully saturated rings. The Balaban J connectivity index is 2.39. The first-order valence-corrected chi connectivity index (χ1v) is 7.33. The van der Waals surface area contributed by atoms with Crippen LogP contribution in [0.5, 0.6) is 0 Å². The van der Waals surface area contributed by atoms with Crippen molar-refractivity contribution >= 4 is 33.2 Å². The number of halogens is 3. The quantitative estimate of drug-likeness (QED) is 0.880. The molecule has 0 aliphatic rings. The van der Waals surface area contributed by atoms with Crippen LogP contribution in [0.4, 0.5) is 10.1 Å². The standard InChI is InChI=1S/C15H15BrClFN2/c1-20(12-4-2-3-11(18)8-12)15(9-19)13-7-10(16)5-6-14(13)17/h2-8,15H,9,19H2,1H3. The summed E-state index contributed by atoms with van der Waals surface area (Å²) in [6.45, 7) is 0.378. The SMILES string of the molecule is CN(c1cccc(F)c1)C(CN)c1cc(Br)ccc1Cl. The average molecular weight is 358 g/mol. The van der Waals surface area contributed by atoms with E-state index in [4.69, 9.17) is 17.3 Å². The van der Waals surface area contributed by atoms with Crippen LogP contribution in [0.25, 0.3) is 0 Å². The van der Waals surface area contributed by atoms with Gasteiger partial charge in [-0.05, 0) is 42.0 Å². The van der Waals surface area contributed by atoms with Crippen LogP contribution in [0.3, 0.4) is 0 Å².